The number of rotatable bonds is 5. The van der Waals surface area contributed by atoms with Crippen molar-refractivity contribution < 1.29 is 13.2 Å². The van der Waals surface area contributed by atoms with Crippen molar-refractivity contribution in [1.82, 2.24) is 4.98 Å². The van der Waals surface area contributed by atoms with Crippen LogP contribution >= 0.6 is 11.6 Å². The molecule has 1 aromatic heterocycles. The van der Waals surface area contributed by atoms with Crippen LogP contribution in [0.2, 0.25) is 5.02 Å². The van der Waals surface area contributed by atoms with Gasteiger partial charge in [-0.15, -0.1) is 0 Å². The maximum Gasteiger partial charge on any atom is 0.266 e. The number of sulfonamides is 1. The molecule has 5 nitrogen and oxygen atoms in total. The summed E-state index contributed by atoms with van der Waals surface area (Å²) in [5.74, 6) is 0. The van der Waals surface area contributed by atoms with Crippen molar-refractivity contribution in [1.29, 1.82) is 0 Å². The second-order valence-electron chi connectivity index (χ2n) is 6.80. The molecule has 0 unspecified atom stereocenters. The minimum absolute atomic E-state index is 0.0536. The predicted molar refractivity (Wildman–Crippen MR) is 101 cm³/mol. The number of methoxy groups -OCH3 is 1. The van der Waals surface area contributed by atoms with E-state index in [0.29, 0.717) is 16.4 Å². The molecule has 0 radical (unpaired) electrons. The number of anilines is 1. The number of nitrogens with zero attached hydrogens (tertiary/aromatic N) is 2. The molecule has 25 heavy (non-hydrogen) atoms. The molecule has 7 heteroatoms. The summed E-state index contributed by atoms with van der Waals surface area (Å²) < 4.78 is 32.5. The van der Waals surface area contributed by atoms with Crippen molar-refractivity contribution in [3.63, 3.8) is 0 Å². The van der Waals surface area contributed by atoms with Gasteiger partial charge in [-0.3, -0.25) is 4.98 Å². The van der Waals surface area contributed by atoms with Gasteiger partial charge in [0.1, 0.15) is 6.73 Å². The van der Waals surface area contributed by atoms with Crippen molar-refractivity contribution >= 4 is 27.3 Å². The highest BCUT2D eigenvalue weighted by atomic mass is 35.5. The SMILES string of the molecule is COCN(c1cc(Cl)cnc1C)S(=O)(=O)c1ccc(C(C)(C)C)cc1. The summed E-state index contributed by atoms with van der Waals surface area (Å²) in [4.78, 5) is 4.33. The van der Waals surface area contributed by atoms with E-state index >= 15 is 0 Å². The first-order chi connectivity index (χ1) is 11.6. The molecule has 1 aromatic carbocycles. The number of aromatic nitrogens is 1. The highest BCUT2D eigenvalue weighted by Gasteiger charge is 2.27. The van der Waals surface area contributed by atoms with Gasteiger partial charge in [0.2, 0.25) is 0 Å². The van der Waals surface area contributed by atoms with Gasteiger partial charge in [-0.25, -0.2) is 12.7 Å². The Bertz CT molecular complexity index is 844. The van der Waals surface area contributed by atoms with E-state index in [9.17, 15) is 8.42 Å². The van der Waals surface area contributed by atoms with Gasteiger partial charge < -0.3 is 4.74 Å². The van der Waals surface area contributed by atoms with E-state index in [2.05, 4.69) is 25.8 Å². The largest absolute Gasteiger partial charge is 0.363 e. The van der Waals surface area contributed by atoms with Crippen molar-refractivity contribution in [3.8, 4) is 0 Å². The maximum absolute atomic E-state index is 13.1. The summed E-state index contributed by atoms with van der Waals surface area (Å²) in [6.07, 6.45) is 1.48. The number of benzene rings is 1. The van der Waals surface area contributed by atoms with Crippen LogP contribution in [0.15, 0.2) is 41.4 Å². The molecule has 1 heterocycles. The zero-order valence-corrected chi connectivity index (χ0v) is 16.6. The van der Waals surface area contributed by atoms with Crippen LogP contribution in [0, 0.1) is 6.92 Å². The summed E-state index contributed by atoms with van der Waals surface area (Å²) in [6.45, 7) is 7.83. The Kier molecular flexibility index (Phi) is 5.76. The molecule has 0 N–H and O–H groups in total. The summed E-state index contributed by atoms with van der Waals surface area (Å²) in [6, 6.07) is 8.48. The fourth-order valence-corrected chi connectivity index (χ4v) is 3.96. The van der Waals surface area contributed by atoms with E-state index in [1.807, 2.05) is 12.1 Å². The smallest absolute Gasteiger partial charge is 0.266 e. The number of ether oxygens (including phenoxy) is 1. The molecule has 0 amide bonds. The van der Waals surface area contributed by atoms with Crippen LogP contribution in [-0.4, -0.2) is 27.2 Å². The third-order valence-corrected chi connectivity index (χ3v) is 5.81. The van der Waals surface area contributed by atoms with Crippen LogP contribution in [0.3, 0.4) is 0 Å². The van der Waals surface area contributed by atoms with Gasteiger partial charge in [-0.05, 0) is 36.1 Å². The molecule has 0 spiro atoms. The number of pyridine rings is 1. The number of aryl methyl sites for hydroxylation is 1. The van der Waals surface area contributed by atoms with Crippen LogP contribution in [0.25, 0.3) is 0 Å². The predicted octanol–water partition coefficient (Wildman–Crippen LogP) is 4.14. The van der Waals surface area contributed by atoms with Gasteiger partial charge in [-0.2, -0.15) is 0 Å². The van der Waals surface area contributed by atoms with Gasteiger partial charge in [-0.1, -0.05) is 44.5 Å². The molecule has 0 aliphatic heterocycles. The lowest BCUT2D eigenvalue weighted by Crippen LogP contribution is -2.33. The molecular formula is C18H23ClN2O3S. The molecule has 0 saturated carbocycles. The molecular weight excluding hydrogens is 360 g/mol. The molecule has 0 fully saturated rings. The van der Waals surface area contributed by atoms with Gasteiger partial charge in [0, 0.05) is 13.3 Å². The van der Waals surface area contributed by atoms with Crippen molar-refractivity contribution in [3.05, 3.63) is 52.8 Å². The van der Waals surface area contributed by atoms with Crippen molar-refractivity contribution in [2.75, 3.05) is 18.1 Å². The average Bonchev–Trinajstić information content (AvgIpc) is 2.54. The Morgan fingerprint density at radius 3 is 2.32 bits per heavy atom. The van der Waals surface area contributed by atoms with E-state index in [1.165, 1.54) is 17.6 Å². The first-order valence-corrected chi connectivity index (χ1v) is 9.63. The second-order valence-corrected chi connectivity index (χ2v) is 9.10. The number of hydrogen-bond donors (Lipinski definition) is 0. The van der Waals surface area contributed by atoms with Crippen LogP contribution in [-0.2, 0) is 20.2 Å². The minimum atomic E-state index is -3.81. The highest BCUT2D eigenvalue weighted by molar-refractivity contribution is 7.92. The fraction of sp³-hybridized carbons (Fsp3) is 0.389. The van der Waals surface area contributed by atoms with Crippen LogP contribution in [0.5, 0.6) is 0 Å². The summed E-state index contributed by atoms with van der Waals surface area (Å²) >= 11 is 6.00. The van der Waals surface area contributed by atoms with Crippen molar-refractivity contribution in [2.24, 2.45) is 0 Å². The lowest BCUT2D eigenvalue weighted by atomic mass is 9.87. The maximum atomic E-state index is 13.1. The molecule has 2 rings (SSSR count). The topological polar surface area (TPSA) is 59.5 Å². The Morgan fingerprint density at radius 2 is 1.80 bits per heavy atom. The average molecular weight is 383 g/mol. The molecule has 0 saturated heterocycles. The number of halogens is 1. The molecule has 0 aliphatic carbocycles. The second kappa shape index (κ2) is 7.32. The Hall–Kier alpha value is -1.63. The minimum Gasteiger partial charge on any atom is -0.363 e. The first kappa shape index (κ1) is 19.7. The Balaban J connectivity index is 2.51. The van der Waals surface area contributed by atoms with E-state index in [1.54, 1.807) is 25.1 Å². The molecule has 0 bridgehead atoms. The lowest BCUT2D eigenvalue weighted by Gasteiger charge is -2.25. The fourth-order valence-electron chi connectivity index (χ4n) is 2.39. The van der Waals surface area contributed by atoms with Gasteiger partial charge in [0.15, 0.2) is 0 Å². The molecule has 0 aliphatic rings. The van der Waals surface area contributed by atoms with E-state index < -0.39 is 10.0 Å². The molecule has 0 atom stereocenters. The summed E-state index contributed by atoms with van der Waals surface area (Å²) in [5, 5.41) is 0.361. The summed E-state index contributed by atoms with van der Waals surface area (Å²) in [5.41, 5.74) is 1.96. The quantitative estimate of drug-likeness (QED) is 0.729. The van der Waals surface area contributed by atoms with Crippen LogP contribution < -0.4 is 4.31 Å². The molecule has 2 aromatic rings. The zero-order chi connectivity index (χ0) is 18.8. The zero-order valence-electron chi connectivity index (χ0n) is 15.1. The van der Waals surface area contributed by atoms with Crippen LogP contribution in [0.4, 0.5) is 5.69 Å². The highest BCUT2D eigenvalue weighted by Crippen LogP contribution is 2.29. The monoisotopic (exact) mass is 382 g/mol. The van der Waals surface area contributed by atoms with Crippen LogP contribution in [0.1, 0.15) is 32.0 Å². The van der Waals surface area contributed by atoms with E-state index in [0.717, 1.165) is 5.56 Å². The number of hydrogen-bond acceptors (Lipinski definition) is 4. The Labute approximate surface area is 154 Å². The van der Waals surface area contributed by atoms with Gasteiger partial charge >= 0.3 is 0 Å². The third kappa shape index (κ3) is 4.32. The normalized spacial score (nSPS) is 12.2. The van der Waals surface area contributed by atoms with Crippen molar-refractivity contribution in [2.45, 2.75) is 38.0 Å². The van der Waals surface area contributed by atoms with Gasteiger partial charge in [0.05, 0.1) is 21.3 Å². The Morgan fingerprint density at radius 1 is 1.20 bits per heavy atom. The lowest BCUT2D eigenvalue weighted by molar-refractivity contribution is 0.209. The first-order valence-electron chi connectivity index (χ1n) is 7.81. The van der Waals surface area contributed by atoms with E-state index in [4.69, 9.17) is 16.3 Å². The standard InChI is InChI=1S/C18H23ClN2O3S/c1-13-17(10-15(19)11-20-13)21(12-24-5)25(22,23)16-8-6-14(7-9-16)18(2,3)4/h6-11H,12H2,1-5H3. The molecule has 136 valence electrons. The third-order valence-electron chi connectivity index (χ3n) is 3.85. The van der Waals surface area contributed by atoms with Gasteiger partial charge in [0.25, 0.3) is 10.0 Å². The van der Waals surface area contributed by atoms with E-state index in [-0.39, 0.29) is 17.0 Å². The summed E-state index contributed by atoms with van der Waals surface area (Å²) in [7, 11) is -2.37.